The lowest BCUT2D eigenvalue weighted by Crippen LogP contribution is -2.88. The second-order valence-corrected chi connectivity index (χ2v) is 32.8. The molecule has 6 aliphatic heterocycles. The minimum Gasteiger partial charge on any atom is -0.311 e. The van der Waals surface area contributed by atoms with E-state index in [1.807, 2.05) is 0 Å². The fraction of sp³-hybridized carbons (Fsp3) is 0. The fourth-order valence-corrected chi connectivity index (χ4v) is 32.8. The van der Waals surface area contributed by atoms with Crippen molar-refractivity contribution in [2.75, 3.05) is 19.6 Å². The molecule has 0 bridgehead atoms. The van der Waals surface area contributed by atoms with E-state index in [4.69, 9.17) is 0 Å². The van der Waals surface area contributed by atoms with Crippen molar-refractivity contribution in [3.8, 4) is 0 Å². The Hall–Kier alpha value is -9.51. The summed E-state index contributed by atoms with van der Waals surface area (Å²) in [7, 11) is -9.97. The first-order valence-corrected chi connectivity index (χ1v) is 33.6. The summed E-state index contributed by atoms with van der Waals surface area (Å²) in [6.07, 6.45) is 0. The van der Waals surface area contributed by atoms with E-state index in [1.54, 1.807) is 0 Å². The van der Waals surface area contributed by atoms with Gasteiger partial charge >= 0.3 is 0 Å². The maximum absolute atomic E-state index is 3.32. The highest BCUT2D eigenvalue weighted by Gasteiger charge is 2.65. The molecule has 12 aromatic rings. The highest BCUT2D eigenvalue weighted by Crippen LogP contribution is 2.50. The van der Waals surface area contributed by atoms with Crippen LogP contribution in [0.2, 0.25) is 0 Å². The van der Waals surface area contributed by atoms with Crippen LogP contribution in [0.25, 0.3) is 0 Å². The van der Waals surface area contributed by atoms with Crippen LogP contribution in [-0.4, -0.2) is 24.2 Å². The molecule has 0 saturated heterocycles. The molecule has 0 fully saturated rings. The molecule has 0 atom stereocenters. The Labute approximate surface area is 462 Å². The molecule has 0 unspecified atom stereocenters. The van der Waals surface area contributed by atoms with Crippen LogP contribution in [0, 0.1) is 0 Å². The molecule has 0 aromatic heterocycles. The van der Waals surface area contributed by atoms with Crippen LogP contribution in [0.1, 0.15) is 0 Å². The number of benzene rings is 12. The first-order chi connectivity index (χ1) is 39.3. The standard InChI is InChI=1S/C72H48N4Si3/c1-4-25-49(26-5-1)73-52-31-10-16-37-58(52)77(59-38-17-11-32-53(59)73)64-43-22-45-66-70(64)76-71-65(77)44-23-46-67(71)79(62-41-20-14-35-56(62)75(51-29-8-3-9-30-51)57-36-15-21-42-63(57)79)69-48-24-47-68(72(69)76)78(66)60-39-18-12-33-54(60)74(50-27-6-2-7-28-50)55-34-13-19-40-61(55)78/h1-48H. The van der Waals surface area contributed by atoms with Crippen molar-refractivity contribution in [1.29, 1.82) is 0 Å². The van der Waals surface area contributed by atoms with E-state index in [0.717, 1.165) is 0 Å². The lowest BCUT2D eigenvalue weighted by molar-refractivity contribution is 1.26. The van der Waals surface area contributed by atoms with Gasteiger partial charge in [0.2, 0.25) is 0 Å². The molecule has 7 heteroatoms. The highest BCUT2D eigenvalue weighted by molar-refractivity contribution is 7.29. The Bertz CT molecular complexity index is 3890. The van der Waals surface area contributed by atoms with Gasteiger partial charge in [-0.3, -0.25) is 0 Å². The Morgan fingerprint density at radius 3 is 0.544 bits per heavy atom. The van der Waals surface area contributed by atoms with Crippen molar-refractivity contribution >= 4 is 155 Å². The van der Waals surface area contributed by atoms with Crippen LogP contribution in [0.3, 0.4) is 0 Å². The summed E-state index contributed by atoms with van der Waals surface area (Å²) in [4.78, 5) is 10.5. The zero-order chi connectivity index (χ0) is 51.6. The number of anilines is 12. The zero-order valence-corrected chi connectivity index (χ0v) is 46.0. The van der Waals surface area contributed by atoms with E-state index in [2.05, 4.69) is 311 Å². The number of hydrogen-bond donors (Lipinski definition) is 0. The van der Waals surface area contributed by atoms with Crippen LogP contribution in [0.15, 0.2) is 291 Å². The van der Waals surface area contributed by atoms with Gasteiger partial charge in [-0.2, -0.15) is 0 Å². The zero-order valence-electron chi connectivity index (χ0n) is 43.0. The minimum absolute atomic E-state index is 1.17. The SMILES string of the molecule is c1ccc(N2c3ccccc3[Si]3(c4ccccc42)c2cccc4c2N2c5c3cccc5[Si]3(c5ccccc5N(c5ccccc5)c5ccccc53)c3cccc(c32)[Si]42c3ccccc3N(c3ccccc3)c3ccccc32)cc1. The molecule has 4 nitrogen and oxygen atoms in total. The smallest absolute Gasteiger partial charge is 0.188 e. The van der Waals surface area contributed by atoms with Gasteiger partial charge < -0.3 is 19.6 Å². The third kappa shape index (κ3) is 5.15. The van der Waals surface area contributed by atoms with E-state index in [-0.39, 0.29) is 0 Å². The van der Waals surface area contributed by atoms with Crippen molar-refractivity contribution < 1.29 is 0 Å². The molecule has 0 radical (unpaired) electrons. The van der Waals surface area contributed by atoms with E-state index in [0.29, 0.717) is 0 Å². The third-order valence-corrected chi connectivity index (χ3v) is 33.2. The van der Waals surface area contributed by atoms with Crippen molar-refractivity contribution in [2.45, 2.75) is 0 Å². The summed E-state index contributed by atoms with van der Waals surface area (Å²) in [6.45, 7) is 0. The first-order valence-electron chi connectivity index (χ1n) is 27.6. The van der Waals surface area contributed by atoms with E-state index in [9.17, 15) is 0 Å². The molecule has 18 rings (SSSR count). The maximum atomic E-state index is 2.87. The minimum atomic E-state index is -3.32. The first kappa shape index (κ1) is 43.6. The summed E-state index contributed by atoms with van der Waals surface area (Å²) < 4.78 is 0. The molecule has 0 amide bonds. The molecule has 0 aliphatic carbocycles. The lowest BCUT2D eigenvalue weighted by atomic mass is 10.1. The predicted molar refractivity (Wildman–Crippen MR) is 337 cm³/mol. The van der Waals surface area contributed by atoms with Gasteiger partial charge in [0.1, 0.15) is 0 Å². The van der Waals surface area contributed by atoms with Gasteiger partial charge in [0, 0.05) is 68.2 Å². The van der Waals surface area contributed by atoms with E-state index < -0.39 is 24.2 Å². The quantitative estimate of drug-likeness (QED) is 0.164. The van der Waals surface area contributed by atoms with Crippen LogP contribution >= 0.6 is 0 Å². The Morgan fingerprint density at radius 2 is 0.329 bits per heavy atom. The molecular weight excluding hydrogens is 1010 g/mol. The van der Waals surface area contributed by atoms with Gasteiger partial charge in [-0.1, -0.05) is 218 Å². The third-order valence-electron chi connectivity index (χ3n) is 18.5. The Balaban J connectivity index is 1.07. The molecule has 368 valence electrons. The van der Waals surface area contributed by atoms with Gasteiger partial charge in [0.05, 0.1) is 0 Å². The van der Waals surface area contributed by atoms with Crippen LogP contribution in [0.5, 0.6) is 0 Å². The van der Waals surface area contributed by atoms with E-state index >= 15 is 0 Å². The summed E-state index contributed by atoms with van der Waals surface area (Å²) in [5.41, 5.74) is 15.2. The summed E-state index contributed by atoms with van der Waals surface area (Å²) in [5.74, 6) is 0. The molecule has 79 heavy (non-hydrogen) atoms. The topological polar surface area (TPSA) is 13.0 Å². The van der Waals surface area contributed by atoms with Gasteiger partial charge in [-0.15, -0.1) is 0 Å². The molecule has 12 aromatic carbocycles. The molecule has 0 N–H and O–H groups in total. The number of hydrogen-bond acceptors (Lipinski definition) is 4. The maximum Gasteiger partial charge on any atom is 0.188 e. The molecule has 6 aliphatic rings. The van der Waals surface area contributed by atoms with Gasteiger partial charge in [-0.05, 0) is 135 Å². The Kier molecular flexibility index (Phi) is 8.72. The van der Waals surface area contributed by atoms with Gasteiger partial charge in [0.15, 0.2) is 24.2 Å². The van der Waals surface area contributed by atoms with E-state index in [1.165, 1.54) is 130 Å². The number of fused-ring (bicyclic) bond motifs is 18. The van der Waals surface area contributed by atoms with Crippen molar-refractivity contribution in [1.82, 2.24) is 0 Å². The van der Waals surface area contributed by atoms with Gasteiger partial charge in [-0.25, -0.2) is 0 Å². The van der Waals surface area contributed by atoms with Crippen molar-refractivity contribution in [2.24, 2.45) is 0 Å². The number of rotatable bonds is 3. The normalized spacial score (nSPS) is 15.8. The summed E-state index contributed by atoms with van der Waals surface area (Å²) in [5, 5.41) is 17.3. The second kappa shape index (κ2) is 15.8. The van der Waals surface area contributed by atoms with Crippen molar-refractivity contribution in [3.63, 3.8) is 0 Å². The Morgan fingerprint density at radius 1 is 0.152 bits per heavy atom. The second-order valence-electron chi connectivity index (χ2n) is 21.8. The molecule has 0 saturated carbocycles. The fourth-order valence-electron chi connectivity index (χ4n) is 16.0. The monoisotopic (exact) mass is 1050 g/mol. The van der Waals surface area contributed by atoms with Crippen LogP contribution < -0.4 is 81.8 Å². The van der Waals surface area contributed by atoms with Gasteiger partial charge in [0.25, 0.3) is 0 Å². The van der Waals surface area contributed by atoms with Crippen LogP contribution in [0.4, 0.5) is 68.2 Å². The summed E-state index contributed by atoms with van der Waals surface area (Å²) in [6, 6.07) is 113. The molecule has 6 heterocycles. The van der Waals surface area contributed by atoms with Crippen molar-refractivity contribution in [3.05, 3.63) is 291 Å². The highest BCUT2D eigenvalue weighted by atomic mass is 28.3. The largest absolute Gasteiger partial charge is 0.311 e. The number of para-hydroxylation sites is 12. The molecular formula is C72H48N4Si3. The summed E-state index contributed by atoms with van der Waals surface area (Å²) >= 11 is 0. The van der Waals surface area contributed by atoms with Crippen LogP contribution in [-0.2, 0) is 0 Å². The average Bonchev–Trinajstić information content (AvgIpc) is 2.26. The average molecular weight is 1050 g/mol. The molecule has 3 spiro atoms. The number of nitrogens with zero attached hydrogens (tertiary/aromatic N) is 4. The lowest BCUT2D eigenvalue weighted by Gasteiger charge is -2.59. The predicted octanol–water partition coefficient (Wildman–Crippen LogP) is 9.58.